The zero-order valence-corrected chi connectivity index (χ0v) is 14.2. The summed E-state index contributed by atoms with van der Waals surface area (Å²) in [6.07, 6.45) is 0.0983. The molecule has 2 aromatic rings. The quantitative estimate of drug-likeness (QED) is 0.855. The molecule has 5 nitrogen and oxygen atoms in total. The molecule has 1 N–H and O–H groups in total. The Hall–Kier alpha value is -2.67. The highest BCUT2D eigenvalue weighted by Gasteiger charge is 2.35. The smallest absolute Gasteiger partial charge is 0.387 e. The highest BCUT2D eigenvalue weighted by molar-refractivity contribution is 6.32. The molecule has 0 aliphatic carbocycles. The van der Waals surface area contributed by atoms with E-state index >= 15 is 0 Å². The maximum absolute atomic E-state index is 12.4. The Morgan fingerprint density at radius 3 is 2.62 bits per heavy atom. The van der Waals surface area contributed by atoms with Crippen molar-refractivity contribution in [1.82, 2.24) is 0 Å². The number of benzene rings is 2. The van der Waals surface area contributed by atoms with E-state index in [1.165, 1.54) is 18.2 Å². The van der Waals surface area contributed by atoms with Gasteiger partial charge in [0.2, 0.25) is 11.8 Å². The number of para-hydroxylation sites is 1. The van der Waals surface area contributed by atoms with Crippen LogP contribution in [0.25, 0.3) is 0 Å². The van der Waals surface area contributed by atoms with E-state index in [0.717, 1.165) is 5.69 Å². The first-order chi connectivity index (χ1) is 12.4. The summed E-state index contributed by atoms with van der Waals surface area (Å²) in [6, 6.07) is 13.1. The molecule has 1 unspecified atom stereocenters. The van der Waals surface area contributed by atoms with Crippen molar-refractivity contribution in [1.29, 1.82) is 0 Å². The lowest BCUT2D eigenvalue weighted by molar-refractivity contribution is -0.122. The van der Waals surface area contributed by atoms with Crippen LogP contribution in [-0.2, 0) is 9.59 Å². The lowest BCUT2D eigenvalue weighted by atomic mass is 10.1. The van der Waals surface area contributed by atoms with E-state index in [9.17, 15) is 18.4 Å². The van der Waals surface area contributed by atoms with E-state index in [0.29, 0.717) is 5.69 Å². The highest BCUT2D eigenvalue weighted by atomic mass is 35.5. The van der Waals surface area contributed by atoms with Crippen LogP contribution in [0.1, 0.15) is 6.42 Å². The van der Waals surface area contributed by atoms with Gasteiger partial charge in [0.15, 0.2) is 0 Å². The Morgan fingerprint density at radius 2 is 1.96 bits per heavy atom. The third kappa shape index (κ3) is 4.11. The zero-order chi connectivity index (χ0) is 18.7. The molecule has 0 bridgehead atoms. The van der Waals surface area contributed by atoms with Crippen LogP contribution < -0.4 is 15.0 Å². The molecule has 1 heterocycles. The Balaban J connectivity index is 1.65. The van der Waals surface area contributed by atoms with E-state index in [1.807, 2.05) is 18.2 Å². The molecule has 1 fully saturated rings. The van der Waals surface area contributed by atoms with Crippen LogP contribution in [-0.4, -0.2) is 25.0 Å². The second kappa shape index (κ2) is 7.70. The number of ether oxygens (including phenoxy) is 1. The third-order valence-electron chi connectivity index (χ3n) is 3.98. The maximum atomic E-state index is 12.4. The van der Waals surface area contributed by atoms with Gasteiger partial charge in [-0.25, -0.2) is 0 Å². The second-order valence-electron chi connectivity index (χ2n) is 5.75. The molecule has 26 heavy (non-hydrogen) atoms. The topological polar surface area (TPSA) is 58.6 Å². The Bertz CT molecular complexity index is 817. The van der Waals surface area contributed by atoms with Crippen LogP contribution in [0.3, 0.4) is 0 Å². The largest absolute Gasteiger partial charge is 0.433 e. The molecule has 1 saturated heterocycles. The van der Waals surface area contributed by atoms with Gasteiger partial charge in [-0.2, -0.15) is 8.78 Å². The molecule has 2 amide bonds. The van der Waals surface area contributed by atoms with Gasteiger partial charge in [-0.3, -0.25) is 9.59 Å². The molecule has 1 aliphatic heterocycles. The number of hydrogen-bond acceptors (Lipinski definition) is 3. The first kappa shape index (κ1) is 18.1. The molecule has 1 atom stereocenters. The predicted molar refractivity (Wildman–Crippen MR) is 93.6 cm³/mol. The highest BCUT2D eigenvalue weighted by Crippen LogP contribution is 2.30. The summed E-state index contributed by atoms with van der Waals surface area (Å²) in [5, 5.41) is 2.61. The van der Waals surface area contributed by atoms with Gasteiger partial charge in [0.05, 0.1) is 10.9 Å². The number of carbonyl (C=O) groups is 2. The molecule has 3 rings (SSSR count). The Labute approximate surface area is 153 Å². The standard InChI is InChI=1S/C18H15ClF2N2O3/c19-14-9-12(6-7-15(14)26-18(20)21)22-17(25)11-8-16(24)23(10-11)13-4-2-1-3-5-13/h1-7,9,11,18H,8,10H2,(H,22,25). The molecule has 0 aromatic heterocycles. The Morgan fingerprint density at radius 1 is 1.23 bits per heavy atom. The zero-order valence-electron chi connectivity index (χ0n) is 13.5. The van der Waals surface area contributed by atoms with Crippen molar-refractivity contribution in [2.24, 2.45) is 5.92 Å². The molecule has 2 aromatic carbocycles. The minimum absolute atomic E-state index is 0.0449. The molecule has 0 spiro atoms. The van der Waals surface area contributed by atoms with Gasteiger partial charge < -0.3 is 15.0 Å². The fraction of sp³-hybridized carbons (Fsp3) is 0.222. The van der Waals surface area contributed by atoms with E-state index in [1.54, 1.807) is 17.0 Å². The van der Waals surface area contributed by atoms with Crippen LogP contribution in [0, 0.1) is 5.92 Å². The molecule has 0 radical (unpaired) electrons. The van der Waals surface area contributed by atoms with E-state index in [4.69, 9.17) is 11.6 Å². The molecule has 8 heteroatoms. The fourth-order valence-electron chi connectivity index (χ4n) is 2.76. The van der Waals surface area contributed by atoms with Crippen molar-refractivity contribution >= 4 is 34.8 Å². The van der Waals surface area contributed by atoms with Gasteiger partial charge in [0, 0.05) is 24.3 Å². The monoisotopic (exact) mass is 380 g/mol. The number of halogens is 3. The predicted octanol–water partition coefficient (Wildman–Crippen LogP) is 3.93. The number of nitrogens with one attached hydrogen (secondary N) is 1. The van der Waals surface area contributed by atoms with Crippen molar-refractivity contribution in [2.75, 3.05) is 16.8 Å². The number of nitrogens with zero attached hydrogens (tertiary/aromatic N) is 1. The van der Waals surface area contributed by atoms with Gasteiger partial charge >= 0.3 is 6.61 Å². The number of anilines is 2. The van der Waals surface area contributed by atoms with Crippen LogP contribution in [0.2, 0.25) is 5.02 Å². The SMILES string of the molecule is O=C(Nc1ccc(OC(F)F)c(Cl)c1)C1CC(=O)N(c2ccccc2)C1. The summed E-state index contributed by atoms with van der Waals surface area (Å²) >= 11 is 5.87. The normalized spacial score (nSPS) is 16.8. The molecule has 1 aliphatic rings. The number of carbonyl (C=O) groups excluding carboxylic acids is 2. The summed E-state index contributed by atoms with van der Waals surface area (Å²) in [5.74, 6) is -1.16. The van der Waals surface area contributed by atoms with Gasteiger partial charge in [0.1, 0.15) is 5.75 Å². The van der Waals surface area contributed by atoms with Crippen LogP contribution in [0.4, 0.5) is 20.2 Å². The average Bonchev–Trinajstić information content (AvgIpc) is 3.00. The maximum Gasteiger partial charge on any atom is 0.387 e. The summed E-state index contributed by atoms with van der Waals surface area (Å²) in [5.41, 5.74) is 1.08. The number of rotatable bonds is 5. The molecular formula is C18H15ClF2N2O3. The molecular weight excluding hydrogens is 366 g/mol. The van der Waals surface area contributed by atoms with Gasteiger partial charge in [0.25, 0.3) is 0 Å². The van der Waals surface area contributed by atoms with E-state index in [-0.39, 0.29) is 35.6 Å². The van der Waals surface area contributed by atoms with Crippen molar-refractivity contribution in [3.8, 4) is 5.75 Å². The van der Waals surface area contributed by atoms with E-state index < -0.39 is 12.5 Å². The first-order valence-electron chi connectivity index (χ1n) is 7.84. The molecule has 0 saturated carbocycles. The number of amides is 2. The van der Waals surface area contributed by atoms with Crippen molar-refractivity contribution in [3.63, 3.8) is 0 Å². The average molecular weight is 381 g/mol. The first-order valence-corrected chi connectivity index (χ1v) is 8.22. The minimum atomic E-state index is -2.98. The van der Waals surface area contributed by atoms with Crippen LogP contribution in [0.15, 0.2) is 48.5 Å². The lowest BCUT2D eigenvalue weighted by Gasteiger charge is -2.16. The summed E-state index contributed by atoms with van der Waals surface area (Å²) in [7, 11) is 0. The van der Waals surface area contributed by atoms with Crippen molar-refractivity contribution < 1.29 is 23.1 Å². The number of alkyl halides is 2. The van der Waals surface area contributed by atoms with Crippen LogP contribution in [0.5, 0.6) is 5.75 Å². The van der Waals surface area contributed by atoms with Crippen molar-refractivity contribution in [2.45, 2.75) is 13.0 Å². The summed E-state index contributed by atoms with van der Waals surface area (Å²) in [6.45, 7) is -2.71. The second-order valence-corrected chi connectivity index (χ2v) is 6.16. The lowest BCUT2D eigenvalue weighted by Crippen LogP contribution is -2.28. The van der Waals surface area contributed by atoms with Gasteiger partial charge in [-0.15, -0.1) is 0 Å². The van der Waals surface area contributed by atoms with Gasteiger partial charge in [-0.05, 0) is 30.3 Å². The van der Waals surface area contributed by atoms with Crippen molar-refractivity contribution in [3.05, 3.63) is 53.6 Å². The number of hydrogen-bond donors (Lipinski definition) is 1. The minimum Gasteiger partial charge on any atom is -0.433 e. The van der Waals surface area contributed by atoms with E-state index in [2.05, 4.69) is 10.1 Å². The Kier molecular flexibility index (Phi) is 5.37. The van der Waals surface area contributed by atoms with Crippen LogP contribution >= 0.6 is 11.6 Å². The summed E-state index contributed by atoms with van der Waals surface area (Å²) in [4.78, 5) is 26.2. The van der Waals surface area contributed by atoms with Gasteiger partial charge in [-0.1, -0.05) is 29.8 Å². The third-order valence-corrected chi connectivity index (χ3v) is 4.27. The molecule has 136 valence electrons. The fourth-order valence-corrected chi connectivity index (χ4v) is 2.98. The summed E-state index contributed by atoms with van der Waals surface area (Å²) < 4.78 is 28.7.